The van der Waals surface area contributed by atoms with E-state index < -0.39 is 88.0 Å². The van der Waals surface area contributed by atoms with E-state index in [1.54, 1.807) is 6.92 Å². The lowest BCUT2D eigenvalue weighted by Crippen LogP contribution is -2.64. The van der Waals surface area contributed by atoms with Crippen molar-refractivity contribution in [2.24, 2.45) is 40.9 Å². The molecule has 8 rings (SSSR count). The molecule has 212 valence electrons. The number of fused-ring (bicyclic) bond motifs is 2. The first-order chi connectivity index (χ1) is 18.2. The predicted molar refractivity (Wildman–Crippen MR) is 129 cm³/mol. The average molecular weight is 545 g/mol. The van der Waals surface area contributed by atoms with E-state index in [4.69, 9.17) is 23.7 Å². The molecule has 0 aromatic carbocycles. The van der Waals surface area contributed by atoms with E-state index in [1.165, 1.54) is 0 Å². The Morgan fingerprint density at radius 1 is 0.923 bits per heavy atom. The Morgan fingerprint density at radius 2 is 1.67 bits per heavy atom. The zero-order valence-corrected chi connectivity index (χ0v) is 22.9. The van der Waals surface area contributed by atoms with Gasteiger partial charge < -0.3 is 28.8 Å². The monoisotopic (exact) mass is 544 g/mol. The van der Waals surface area contributed by atoms with Crippen LogP contribution in [0.25, 0.3) is 0 Å². The summed E-state index contributed by atoms with van der Waals surface area (Å²) in [6.45, 7) is 9.33. The van der Waals surface area contributed by atoms with Gasteiger partial charge in [0.25, 0.3) is 0 Å². The summed E-state index contributed by atoms with van der Waals surface area (Å²) in [4.78, 5) is 54.1. The number of carbonyl (C=O) groups excluding carboxylic acids is 4. The number of aliphatic hydroxyl groups excluding tert-OH is 1. The zero-order valence-electron chi connectivity index (χ0n) is 22.9. The molecule has 2 aliphatic carbocycles. The van der Waals surface area contributed by atoms with E-state index in [9.17, 15) is 24.3 Å². The van der Waals surface area contributed by atoms with Crippen LogP contribution in [-0.2, 0) is 42.9 Å². The van der Waals surface area contributed by atoms with Crippen LogP contribution in [0.15, 0.2) is 0 Å². The Labute approximate surface area is 226 Å². The maximum Gasteiger partial charge on any atom is 0.311 e. The lowest BCUT2D eigenvalue weighted by atomic mass is 9.60. The van der Waals surface area contributed by atoms with E-state index >= 15 is 0 Å². The molecule has 14 atom stereocenters. The Morgan fingerprint density at radius 3 is 2.41 bits per heavy atom. The number of aliphatic hydroxyl groups is 1. The number of rotatable bonds is 0. The molecule has 8 aliphatic rings. The van der Waals surface area contributed by atoms with Gasteiger partial charge in [0.2, 0.25) is 11.6 Å². The summed E-state index contributed by atoms with van der Waals surface area (Å²) >= 11 is 0. The van der Waals surface area contributed by atoms with Gasteiger partial charge in [0.1, 0.15) is 29.7 Å². The Balaban J connectivity index is 1.32. The molecule has 6 saturated heterocycles. The van der Waals surface area contributed by atoms with Gasteiger partial charge in [0.05, 0.1) is 35.6 Å². The summed E-state index contributed by atoms with van der Waals surface area (Å²) in [6, 6.07) is 0. The first-order valence-electron chi connectivity index (χ1n) is 14.5. The second-order valence-electron chi connectivity index (χ2n) is 14.4. The van der Waals surface area contributed by atoms with E-state index in [0.717, 1.165) is 0 Å². The molecule has 6 heterocycles. The molecule has 39 heavy (non-hydrogen) atoms. The van der Waals surface area contributed by atoms with Crippen LogP contribution in [0.2, 0.25) is 0 Å². The summed E-state index contributed by atoms with van der Waals surface area (Å²) in [6.07, 6.45) is -1.75. The molecule has 0 unspecified atom stereocenters. The normalized spacial score (nSPS) is 59.9. The fraction of sp³-hybridized carbons (Fsp3) is 0.862. The second kappa shape index (κ2) is 6.94. The van der Waals surface area contributed by atoms with Gasteiger partial charge in [-0.1, -0.05) is 13.8 Å². The summed E-state index contributed by atoms with van der Waals surface area (Å²) in [5.74, 6) is -6.35. The molecule has 6 aliphatic heterocycles. The number of hydrogen-bond acceptors (Lipinski definition) is 10. The van der Waals surface area contributed by atoms with E-state index in [2.05, 4.69) is 0 Å². The minimum absolute atomic E-state index is 0.0225. The largest absolute Gasteiger partial charge is 0.459 e. The topological polar surface area (TPSA) is 135 Å². The molecule has 0 aromatic rings. The van der Waals surface area contributed by atoms with Crippen molar-refractivity contribution in [2.45, 2.75) is 114 Å². The van der Waals surface area contributed by atoms with Gasteiger partial charge >= 0.3 is 11.9 Å². The van der Waals surface area contributed by atoms with Gasteiger partial charge in [-0.25, -0.2) is 0 Å². The van der Waals surface area contributed by atoms with Crippen LogP contribution in [0.4, 0.5) is 0 Å². The SMILES string of the molecule is C[C@@H]1C(=O)O[C@H]2[C@@H]1O[C@]13O[C@@]4(CC[C@]5(C)C(=O)[C@H](C)[C@H]2[C@H]15)C[C@]12OC(=O)C[C@H]1OC(C)(C)[C@@H]2C[C@H](O)[C@H]4C3=O. The fourth-order valence-electron chi connectivity index (χ4n) is 10.8. The maximum absolute atomic E-state index is 14.8. The minimum Gasteiger partial charge on any atom is -0.459 e. The number of hydrogen-bond donors (Lipinski definition) is 1. The van der Waals surface area contributed by atoms with E-state index in [1.807, 2.05) is 27.7 Å². The van der Waals surface area contributed by atoms with Crippen molar-refractivity contribution in [3.05, 3.63) is 0 Å². The van der Waals surface area contributed by atoms with Crippen LogP contribution in [0.3, 0.4) is 0 Å². The number of esters is 2. The molecule has 10 heteroatoms. The lowest BCUT2D eigenvalue weighted by molar-refractivity contribution is -0.331. The third-order valence-electron chi connectivity index (χ3n) is 12.3. The van der Waals surface area contributed by atoms with Crippen LogP contribution in [0.5, 0.6) is 0 Å². The van der Waals surface area contributed by atoms with Gasteiger partial charge in [-0.2, -0.15) is 0 Å². The zero-order chi connectivity index (χ0) is 27.7. The minimum atomic E-state index is -1.80. The molecule has 2 saturated carbocycles. The summed E-state index contributed by atoms with van der Waals surface area (Å²) in [7, 11) is 0. The number of Topliss-reactive ketones (excluding diaryl/α,β-unsaturated/α-hetero) is 2. The molecule has 1 N–H and O–H groups in total. The van der Waals surface area contributed by atoms with Gasteiger partial charge in [-0.05, 0) is 40.0 Å². The molecule has 8 fully saturated rings. The summed E-state index contributed by atoms with van der Waals surface area (Å²) < 4.78 is 32.0. The van der Waals surface area contributed by atoms with Crippen LogP contribution in [0, 0.1) is 40.9 Å². The molecular weight excluding hydrogens is 508 g/mol. The van der Waals surface area contributed by atoms with Crippen molar-refractivity contribution in [3.8, 4) is 0 Å². The van der Waals surface area contributed by atoms with Gasteiger partial charge in [-0.15, -0.1) is 0 Å². The van der Waals surface area contributed by atoms with E-state index in [0.29, 0.717) is 12.8 Å². The average Bonchev–Trinajstić information content (AvgIpc) is 3.45. The van der Waals surface area contributed by atoms with Crippen LogP contribution < -0.4 is 0 Å². The first-order valence-corrected chi connectivity index (χ1v) is 14.5. The van der Waals surface area contributed by atoms with Crippen molar-refractivity contribution in [1.82, 2.24) is 0 Å². The smallest absolute Gasteiger partial charge is 0.311 e. The molecule has 0 aromatic heterocycles. The Hall–Kier alpha value is -1.88. The van der Waals surface area contributed by atoms with Crippen LogP contribution in [-0.4, -0.2) is 75.6 Å². The van der Waals surface area contributed by atoms with Crippen molar-refractivity contribution < 1.29 is 48.0 Å². The highest BCUT2D eigenvalue weighted by atomic mass is 16.7. The van der Waals surface area contributed by atoms with Crippen LogP contribution in [0.1, 0.15) is 66.7 Å². The van der Waals surface area contributed by atoms with Gasteiger partial charge in [0, 0.05) is 35.5 Å². The lowest BCUT2D eigenvalue weighted by Gasteiger charge is -2.50. The van der Waals surface area contributed by atoms with E-state index in [-0.39, 0.29) is 42.7 Å². The number of ketones is 2. The fourth-order valence-corrected chi connectivity index (χ4v) is 10.8. The van der Waals surface area contributed by atoms with Crippen molar-refractivity contribution >= 4 is 23.5 Å². The molecule has 0 radical (unpaired) electrons. The predicted octanol–water partition coefficient (Wildman–Crippen LogP) is 1.48. The van der Waals surface area contributed by atoms with Crippen molar-refractivity contribution in [2.75, 3.05) is 0 Å². The molecule has 10 nitrogen and oxygen atoms in total. The quantitative estimate of drug-likeness (QED) is 0.447. The number of carbonyl (C=O) groups is 4. The highest BCUT2D eigenvalue weighted by Crippen LogP contribution is 2.71. The molecular formula is C29H36O10. The third-order valence-corrected chi connectivity index (χ3v) is 12.3. The summed E-state index contributed by atoms with van der Waals surface area (Å²) in [5.41, 5.74) is -3.91. The van der Waals surface area contributed by atoms with Crippen molar-refractivity contribution in [3.63, 3.8) is 0 Å². The highest BCUT2D eigenvalue weighted by Gasteiger charge is 2.83. The molecule has 2 bridgehead atoms. The summed E-state index contributed by atoms with van der Waals surface area (Å²) in [5, 5.41) is 11.8. The second-order valence-corrected chi connectivity index (χ2v) is 14.4. The molecule has 0 amide bonds. The standard InChI is InChI=1S/C29H36O10/c1-11-17-20-19(12(2)24(34)35-20)38-29-21(17)26(5,22(11)32)6-7-27(39-29)10-28-14(8-13(30)18(27)23(29)33)25(3,4)36-15(28)9-16(31)37-28/h11-15,17-21,30H,6-10H2,1-5H3/t11-,12+,13+,14+,15-,17-,18+,19-,20-,21+,26+,27+,28-,29+/m1/s1. The Kier molecular flexibility index (Phi) is 4.43. The third kappa shape index (κ3) is 2.56. The van der Waals surface area contributed by atoms with Gasteiger partial charge in [0.15, 0.2) is 0 Å². The maximum atomic E-state index is 14.8. The van der Waals surface area contributed by atoms with Crippen LogP contribution >= 0.6 is 0 Å². The molecule has 3 spiro atoms. The number of ether oxygens (including phenoxy) is 5. The Bertz CT molecular complexity index is 1240. The van der Waals surface area contributed by atoms with Crippen molar-refractivity contribution in [1.29, 1.82) is 0 Å². The first kappa shape index (κ1) is 24.9. The van der Waals surface area contributed by atoms with Gasteiger partial charge in [-0.3, -0.25) is 19.2 Å². The highest BCUT2D eigenvalue weighted by molar-refractivity contribution is 5.97.